The SMILES string of the molecule is CCC(N)Cc1cc(Cl)ccc1OCC=C(C)C. The van der Waals surface area contributed by atoms with Gasteiger partial charge in [0, 0.05) is 11.1 Å². The number of benzene rings is 1. The van der Waals surface area contributed by atoms with Crippen molar-refractivity contribution >= 4 is 11.6 Å². The Labute approximate surface area is 115 Å². The summed E-state index contributed by atoms with van der Waals surface area (Å²) in [4.78, 5) is 0. The number of halogens is 1. The maximum Gasteiger partial charge on any atom is 0.123 e. The Hall–Kier alpha value is -0.990. The summed E-state index contributed by atoms with van der Waals surface area (Å²) < 4.78 is 5.76. The second kappa shape index (κ2) is 7.45. The van der Waals surface area contributed by atoms with Crippen LogP contribution in [-0.2, 0) is 6.42 Å². The minimum atomic E-state index is 0.147. The maximum absolute atomic E-state index is 6.02. The molecule has 1 aromatic carbocycles. The fourth-order valence-corrected chi connectivity index (χ4v) is 1.77. The molecule has 0 saturated heterocycles. The lowest BCUT2D eigenvalue weighted by molar-refractivity contribution is 0.356. The second-order valence-corrected chi connectivity index (χ2v) is 5.15. The molecule has 3 heteroatoms. The number of allylic oxidation sites excluding steroid dienone is 1. The molecule has 0 heterocycles. The zero-order chi connectivity index (χ0) is 13.5. The van der Waals surface area contributed by atoms with Crippen LogP contribution < -0.4 is 10.5 Å². The monoisotopic (exact) mass is 267 g/mol. The quantitative estimate of drug-likeness (QED) is 0.792. The molecular weight excluding hydrogens is 246 g/mol. The van der Waals surface area contributed by atoms with Crippen molar-refractivity contribution in [1.82, 2.24) is 0 Å². The van der Waals surface area contributed by atoms with Crippen molar-refractivity contribution in [2.45, 2.75) is 39.7 Å². The van der Waals surface area contributed by atoms with Crippen LogP contribution in [-0.4, -0.2) is 12.6 Å². The first kappa shape index (κ1) is 15.1. The van der Waals surface area contributed by atoms with E-state index in [4.69, 9.17) is 22.1 Å². The highest BCUT2D eigenvalue weighted by molar-refractivity contribution is 6.30. The van der Waals surface area contributed by atoms with E-state index < -0.39 is 0 Å². The third-order valence-electron chi connectivity index (χ3n) is 2.76. The van der Waals surface area contributed by atoms with Crippen LogP contribution >= 0.6 is 11.6 Å². The molecule has 1 unspecified atom stereocenters. The van der Waals surface area contributed by atoms with Gasteiger partial charge in [-0.3, -0.25) is 0 Å². The minimum absolute atomic E-state index is 0.147. The molecule has 0 amide bonds. The standard InChI is InChI=1S/C15H22ClNO/c1-4-14(17)10-12-9-13(16)5-6-15(12)18-8-7-11(2)3/h5-7,9,14H,4,8,10,17H2,1-3H3. The number of rotatable bonds is 6. The van der Waals surface area contributed by atoms with Gasteiger partial charge in [0.05, 0.1) is 0 Å². The van der Waals surface area contributed by atoms with Crippen molar-refractivity contribution in [1.29, 1.82) is 0 Å². The zero-order valence-electron chi connectivity index (χ0n) is 11.4. The summed E-state index contributed by atoms with van der Waals surface area (Å²) in [5, 5.41) is 0.725. The molecule has 1 aromatic rings. The highest BCUT2D eigenvalue weighted by Gasteiger charge is 2.08. The van der Waals surface area contributed by atoms with E-state index in [0.29, 0.717) is 6.61 Å². The van der Waals surface area contributed by atoms with Gasteiger partial charge in [0.2, 0.25) is 0 Å². The lowest BCUT2D eigenvalue weighted by atomic mass is 10.0. The minimum Gasteiger partial charge on any atom is -0.489 e. The number of nitrogens with two attached hydrogens (primary N) is 1. The van der Waals surface area contributed by atoms with Crippen LogP contribution in [0, 0.1) is 0 Å². The molecule has 0 spiro atoms. The number of hydrogen-bond donors (Lipinski definition) is 1. The Morgan fingerprint density at radius 3 is 2.78 bits per heavy atom. The van der Waals surface area contributed by atoms with Crippen LogP contribution in [0.2, 0.25) is 5.02 Å². The van der Waals surface area contributed by atoms with Crippen LogP contribution in [0.3, 0.4) is 0 Å². The molecule has 0 aliphatic carbocycles. The molecule has 0 fully saturated rings. The number of ether oxygens (including phenoxy) is 1. The highest BCUT2D eigenvalue weighted by atomic mass is 35.5. The summed E-state index contributed by atoms with van der Waals surface area (Å²) in [5.41, 5.74) is 8.32. The van der Waals surface area contributed by atoms with Gasteiger partial charge in [0.15, 0.2) is 0 Å². The van der Waals surface area contributed by atoms with Gasteiger partial charge < -0.3 is 10.5 Å². The molecule has 2 N–H and O–H groups in total. The van der Waals surface area contributed by atoms with E-state index >= 15 is 0 Å². The first-order chi connectivity index (χ1) is 8.52. The van der Waals surface area contributed by atoms with Crippen LogP contribution in [0.1, 0.15) is 32.8 Å². The first-order valence-corrected chi connectivity index (χ1v) is 6.71. The van der Waals surface area contributed by atoms with E-state index in [9.17, 15) is 0 Å². The first-order valence-electron chi connectivity index (χ1n) is 6.33. The Bertz CT molecular complexity index is 411. The summed E-state index contributed by atoms with van der Waals surface area (Å²) in [6.07, 6.45) is 3.79. The largest absolute Gasteiger partial charge is 0.489 e. The van der Waals surface area contributed by atoms with Gasteiger partial charge in [-0.25, -0.2) is 0 Å². The predicted molar refractivity (Wildman–Crippen MR) is 78.3 cm³/mol. The third-order valence-corrected chi connectivity index (χ3v) is 2.99. The summed E-state index contributed by atoms with van der Waals surface area (Å²) in [6.45, 7) is 6.77. The maximum atomic E-state index is 6.02. The summed E-state index contributed by atoms with van der Waals surface area (Å²) in [6, 6.07) is 5.85. The van der Waals surface area contributed by atoms with Crippen molar-refractivity contribution in [2.75, 3.05) is 6.61 Å². The van der Waals surface area contributed by atoms with Crippen LogP contribution in [0.15, 0.2) is 29.8 Å². The average Bonchev–Trinajstić information content (AvgIpc) is 2.31. The van der Waals surface area contributed by atoms with E-state index in [1.807, 2.05) is 18.2 Å². The second-order valence-electron chi connectivity index (χ2n) is 4.72. The van der Waals surface area contributed by atoms with Gasteiger partial charge in [-0.15, -0.1) is 0 Å². The van der Waals surface area contributed by atoms with Crippen LogP contribution in [0.25, 0.3) is 0 Å². The fourth-order valence-electron chi connectivity index (χ4n) is 1.57. The van der Waals surface area contributed by atoms with E-state index in [1.54, 1.807) is 0 Å². The van der Waals surface area contributed by atoms with Gasteiger partial charge in [-0.1, -0.05) is 24.1 Å². The van der Waals surface area contributed by atoms with Crippen molar-refractivity contribution in [3.63, 3.8) is 0 Å². The van der Waals surface area contributed by atoms with Crippen molar-refractivity contribution in [3.05, 3.63) is 40.4 Å². The van der Waals surface area contributed by atoms with Crippen LogP contribution in [0.4, 0.5) is 0 Å². The Morgan fingerprint density at radius 1 is 1.44 bits per heavy atom. The third kappa shape index (κ3) is 5.11. The molecule has 0 aromatic heterocycles. The van der Waals surface area contributed by atoms with E-state index in [1.165, 1.54) is 5.57 Å². The summed E-state index contributed by atoms with van der Waals surface area (Å²) in [7, 11) is 0. The molecule has 0 radical (unpaired) electrons. The fraction of sp³-hybridized carbons (Fsp3) is 0.467. The van der Waals surface area contributed by atoms with E-state index in [0.717, 1.165) is 29.2 Å². The smallest absolute Gasteiger partial charge is 0.123 e. The molecule has 0 aliphatic heterocycles. The normalized spacial score (nSPS) is 12.1. The van der Waals surface area contributed by atoms with Crippen molar-refractivity contribution in [3.8, 4) is 5.75 Å². The molecular formula is C15H22ClNO. The molecule has 0 saturated carbocycles. The molecule has 0 aliphatic rings. The van der Waals surface area contributed by atoms with Gasteiger partial charge in [0.25, 0.3) is 0 Å². The van der Waals surface area contributed by atoms with Gasteiger partial charge in [0.1, 0.15) is 12.4 Å². The summed E-state index contributed by atoms with van der Waals surface area (Å²) >= 11 is 6.02. The van der Waals surface area contributed by atoms with Crippen molar-refractivity contribution in [2.24, 2.45) is 5.73 Å². The van der Waals surface area contributed by atoms with Gasteiger partial charge in [-0.05, 0) is 56.5 Å². The predicted octanol–water partition coefficient (Wildman–Crippen LogP) is 3.96. The molecule has 2 nitrogen and oxygen atoms in total. The molecule has 1 rings (SSSR count). The number of hydrogen-bond acceptors (Lipinski definition) is 2. The summed E-state index contributed by atoms with van der Waals surface area (Å²) in [5.74, 6) is 0.876. The molecule has 18 heavy (non-hydrogen) atoms. The average molecular weight is 268 g/mol. The zero-order valence-corrected chi connectivity index (χ0v) is 12.1. The highest BCUT2D eigenvalue weighted by Crippen LogP contribution is 2.24. The molecule has 1 atom stereocenters. The molecule has 100 valence electrons. The van der Waals surface area contributed by atoms with Gasteiger partial charge in [-0.2, -0.15) is 0 Å². The lowest BCUT2D eigenvalue weighted by Crippen LogP contribution is -2.21. The van der Waals surface area contributed by atoms with Crippen LogP contribution in [0.5, 0.6) is 5.75 Å². The Kier molecular flexibility index (Phi) is 6.23. The van der Waals surface area contributed by atoms with E-state index in [-0.39, 0.29) is 6.04 Å². The van der Waals surface area contributed by atoms with Crippen molar-refractivity contribution < 1.29 is 4.74 Å². The Balaban J connectivity index is 2.79. The topological polar surface area (TPSA) is 35.2 Å². The van der Waals surface area contributed by atoms with Gasteiger partial charge >= 0.3 is 0 Å². The Morgan fingerprint density at radius 2 is 2.17 bits per heavy atom. The van der Waals surface area contributed by atoms with E-state index in [2.05, 4.69) is 26.8 Å². The molecule has 0 bridgehead atoms. The lowest BCUT2D eigenvalue weighted by Gasteiger charge is -2.14.